The van der Waals surface area contributed by atoms with E-state index in [-0.39, 0.29) is 17.7 Å². The number of allylic oxidation sites excluding steroid dienone is 1. The van der Waals surface area contributed by atoms with Crippen LogP contribution in [0.5, 0.6) is 0 Å². The molecule has 0 bridgehead atoms. The van der Waals surface area contributed by atoms with Crippen molar-refractivity contribution in [3.63, 3.8) is 0 Å². The Bertz CT molecular complexity index is 479. The van der Waals surface area contributed by atoms with Gasteiger partial charge in [-0.15, -0.1) is 0 Å². The van der Waals surface area contributed by atoms with Crippen LogP contribution in [0.1, 0.15) is 25.5 Å². The molecule has 0 saturated heterocycles. The fourth-order valence-electron chi connectivity index (χ4n) is 2.06. The number of aromatic nitrogens is 1. The van der Waals surface area contributed by atoms with Crippen LogP contribution >= 0.6 is 0 Å². The normalized spacial score (nSPS) is 19.3. The molecule has 1 heterocycles. The highest BCUT2D eigenvalue weighted by Gasteiger charge is 2.30. The second-order valence-corrected chi connectivity index (χ2v) is 4.12. The summed E-state index contributed by atoms with van der Waals surface area (Å²) in [6.45, 7) is 2.12. The first kappa shape index (κ1) is 12.5. The van der Waals surface area contributed by atoms with Crippen molar-refractivity contribution < 1.29 is 14.3 Å². The SMILES string of the molecule is CCOC(=O)C1CCC(=O)C=C1c1ccccn1. The number of pyridine rings is 1. The van der Waals surface area contributed by atoms with Gasteiger partial charge in [-0.2, -0.15) is 0 Å². The molecule has 1 aromatic rings. The molecule has 1 unspecified atom stereocenters. The minimum absolute atomic E-state index is 0.0381. The van der Waals surface area contributed by atoms with Crippen LogP contribution in [-0.4, -0.2) is 23.3 Å². The second-order valence-electron chi connectivity index (χ2n) is 4.12. The zero-order valence-electron chi connectivity index (χ0n) is 10.3. The number of carbonyl (C=O) groups excluding carboxylic acids is 2. The van der Waals surface area contributed by atoms with Gasteiger partial charge in [-0.25, -0.2) is 0 Å². The highest BCUT2D eigenvalue weighted by molar-refractivity contribution is 6.03. The number of esters is 1. The van der Waals surface area contributed by atoms with Crippen molar-refractivity contribution in [2.24, 2.45) is 5.92 Å². The highest BCUT2D eigenvalue weighted by Crippen LogP contribution is 2.31. The van der Waals surface area contributed by atoms with Crippen molar-refractivity contribution >= 4 is 17.3 Å². The van der Waals surface area contributed by atoms with Gasteiger partial charge >= 0.3 is 5.97 Å². The van der Waals surface area contributed by atoms with Crippen molar-refractivity contribution in [1.29, 1.82) is 0 Å². The first-order chi connectivity index (χ1) is 8.72. The molecular weight excluding hydrogens is 230 g/mol. The van der Waals surface area contributed by atoms with E-state index in [0.29, 0.717) is 30.7 Å². The smallest absolute Gasteiger partial charge is 0.313 e. The first-order valence-electron chi connectivity index (χ1n) is 6.05. The molecule has 0 aromatic carbocycles. The first-order valence-corrected chi connectivity index (χ1v) is 6.05. The number of hydrogen-bond donors (Lipinski definition) is 0. The molecular formula is C14H15NO3. The van der Waals surface area contributed by atoms with Gasteiger partial charge in [0.2, 0.25) is 0 Å². The van der Waals surface area contributed by atoms with E-state index in [2.05, 4.69) is 4.98 Å². The van der Waals surface area contributed by atoms with Crippen LogP contribution in [0.25, 0.3) is 5.57 Å². The zero-order chi connectivity index (χ0) is 13.0. The number of rotatable bonds is 3. The van der Waals surface area contributed by atoms with Crippen LogP contribution in [-0.2, 0) is 14.3 Å². The average molecular weight is 245 g/mol. The fourth-order valence-corrected chi connectivity index (χ4v) is 2.06. The van der Waals surface area contributed by atoms with Crippen molar-refractivity contribution in [3.8, 4) is 0 Å². The van der Waals surface area contributed by atoms with Crippen molar-refractivity contribution in [3.05, 3.63) is 36.2 Å². The van der Waals surface area contributed by atoms with E-state index >= 15 is 0 Å². The average Bonchev–Trinajstić information content (AvgIpc) is 2.40. The van der Waals surface area contributed by atoms with Gasteiger partial charge in [-0.3, -0.25) is 14.6 Å². The molecule has 94 valence electrons. The second kappa shape index (κ2) is 5.58. The molecule has 4 heteroatoms. The molecule has 0 N–H and O–H groups in total. The molecule has 1 aliphatic carbocycles. The summed E-state index contributed by atoms with van der Waals surface area (Å²) in [5, 5.41) is 0. The van der Waals surface area contributed by atoms with Gasteiger partial charge < -0.3 is 4.74 Å². The van der Waals surface area contributed by atoms with E-state index in [0.717, 1.165) is 0 Å². The Balaban J connectivity index is 2.32. The summed E-state index contributed by atoms with van der Waals surface area (Å²) in [5.41, 5.74) is 1.34. The Hall–Kier alpha value is -1.97. The minimum atomic E-state index is -0.377. The van der Waals surface area contributed by atoms with E-state index in [1.165, 1.54) is 6.08 Å². The lowest BCUT2D eigenvalue weighted by Gasteiger charge is -2.21. The van der Waals surface area contributed by atoms with Gasteiger partial charge in [0.25, 0.3) is 0 Å². The number of nitrogens with zero attached hydrogens (tertiary/aromatic N) is 1. The zero-order valence-corrected chi connectivity index (χ0v) is 10.3. The van der Waals surface area contributed by atoms with Crippen LogP contribution < -0.4 is 0 Å². The number of ketones is 1. The molecule has 0 radical (unpaired) electrons. The lowest BCUT2D eigenvalue weighted by molar-refractivity contribution is -0.146. The molecule has 0 amide bonds. The van der Waals surface area contributed by atoms with Crippen LogP contribution in [0, 0.1) is 5.92 Å². The van der Waals surface area contributed by atoms with Crippen molar-refractivity contribution in [2.45, 2.75) is 19.8 Å². The maximum absolute atomic E-state index is 11.9. The fraction of sp³-hybridized carbons (Fsp3) is 0.357. The summed E-state index contributed by atoms with van der Waals surface area (Å²) < 4.78 is 5.05. The summed E-state index contributed by atoms with van der Waals surface area (Å²) in [4.78, 5) is 27.6. The Morgan fingerprint density at radius 2 is 2.33 bits per heavy atom. The van der Waals surface area contributed by atoms with Crippen molar-refractivity contribution in [1.82, 2.24) is 4.98 Å². The van der Waals surface area contributed by atoms with Gasteiger partial charge in [0.15, 0.2) is 5.78 Å². The van der Waals surface area contributed by atoms with E-state index < -0.39 is 0 Å². The van der Waals surface area contributed by atoms with E-state index in [4.69, 9.17) is 4.74 Å². The standard InChI is InChI=1S/C14H15NO3/c1-2-18-14(17)11-7-6-10(16)9-12(11)13-5-3-4-8-15-13/h3-5,8-9,11H,2,6-7H2,1H3. The summed E-state index contributed by atoms with van der Waals surface area (Å²) in [5.74, 6) is -0.615. The third-order valence-electron chi connectivity index (χ3n) is 2.90. The monoisotopic (exact) mass is 245 g/mol. The molecule has 2 rings (SSSR count). The maximum atomic E-state index is 11.9. The Morgan fingerprint density at radius 1 is 1.50 bits per heavy atom. The third-order valence-corrected chi connectivity index (χ3v) is 2.90. The van der Waals surface area contributed by atoms with Gasteiger partial charge in [0.1, 0.15) is 0 Å². The summed E-state index contributed by atoms with van der Waals surface area (Å²) in [7, 11) is 0. The van der Waals surface area contributed by atoms with Gasteiger partial charge in [-0.1, -0.05) is 6.07 Å². The highest BCUT2D eigenvalue weighted by atomic mass is 16.5. The number of carbonyl (C=O) groups is 2. The van der Waals surface area contributed by atoms with Crippen molar-refractivity contribution in [2.75, 3.05) is 6.61 Å². The van der Waals surface area contributed by atoms with E-state index in [9.17, 15) is 9.59 Å². The molecule has 0 fully saturated rings. The van der Waals surface area contributed by atoms with Gasteiger partial charge in [0.05, 0.1) is 18.2 Å². The summed E-state index contributed by atoms with van der Waals surface area (Å²) >= 11 is 0. The Labute approximate surface area is 106 Å². The van der Waals surface area contributed by atoms with Crippen LogP contribution in [0.2, 0.25) is 0 Å². The topological polar surface area (TPSA) is 56.3 Å². The molecule has 1 aliphatic rings. The third kappa shape index (κ3) is 2.64. The lowest BCUT2D eigenvalue weighted by Crippen LogP contribution is -2.24. The molecule has 0 spiro atoms. The summed E-state index contributed by atoms with van der Waals surface area (Å²) in [6, 6.07) is 5.44. The van der Waals surface area contributed by atoms with Crippen LogP contribution in [0.15, 0.2) is 30.5 Å². The predicted molar refractivity (Wildman–Crippen MR) is 66.6 cm³/mol. The van der Waals surface area contributed by atoms with E-state index in [1.807, 2.05) is 6.07 Å². The molecule has 4 nitrogen and oxygen atoms in total. The molecule has 0 saturated carbocycles. The van der Waals surface area contributed by atoms with Crippen LogP contribution in [0.3, 0.4) is 0 Å². The predicted octanol–water partition coefficient (Wildman–Crippen LogP) is 2.01. The number of hydrogen-bond acceptors (Lipinski definition) is 4. The maximum Gasteiger partial charge on any atom is 0.313 e. The molecule has 1 atom stereocenters. The van der Waals surface area contributed by atoms with Crippen LogP contribution in [0.4, 0.5) is 0 Å². The largest absolute Gasteiger partial charge is 0.466 e. The molecule has 18 heavy (non-hydrogen) atoms. The quantitative estimate of drug-likeness (QED) is 0.764. The minimum Gasteiger partial charge on any atom is -0.466 e. The lowest BCUT2D eigenvalue weighted by atomic mass is 9.85. The van der Waals surface area contributed by atoms with Gasteiger partial charge in [0, 0.05) is 12.6 Å². The van der Waals surface area contributed by atoms with Gasteiger partial charge in [-0.05, 0) is 37.1 Å². The molecule has 1 aromatic heterocycles. The summed E-state index contributed by atoms with van der Waals surface area (Å²) in [6.07, 6.45) is 4.06. The molecule has 0 aliphatic heterocycles. The Kier molecular flexibility index (Phi) is 3.87. The van der Waals surface area contributed by atoms with E-state index in [1.54, 1.807) is 25.3 Å². The Morgan fingerprint density at radius 3 is 3.00 bits per heavy atom. The number of ether oxygens (including phenoxy) is 1.